The fraction of sp³-hybridized carbons (Fsp3) is 0.593. The number of nitrogens with one attached hydrogen (secondary N) is 3. The van der Waals surface area contributed by atoms with Gasteiger partial charge in [0, 0.05) is 37.3 Å². The number of benzene rings is 1. The van der Waals surface area contributed by atoms with Crippen LogP contribution in [-0.2, 0) is 6.18 Å². The molecule has 5 nitrogen and oxygen atoms in total. The smallest absolute Gasteiger partial charge is 0.381 e. The fourth-order valence-corrected chi connectivity index (χ4v) is 5.10. The standard InChI is InChI=1S/C27H39F3N4O/c1-18(17-32-26(35)31-14-15-34(3)4)10-12-22-19(2)23-16-21(27(28,29)30)11-13-24(23)33-25(22)20-8-6-5-7-9-20/h5-8,11,13,16,18-20,22,25,33H,9-10,12,14-15,17H2,1-4H3,(H2,31,32,35)/t18-,19+,20?,22-,25+/m1/s1. The van der Waals surface area contributed by atoms with Gasteiger partial charge in [-0.25, -0.2) is 4.79 Å². The van der Waals surface area contributed by atoms with Crippen LogP contribution in [0.2, 0.25) is 0 Å². The zero-order chi connectivity index (χ0) is 25.6. The van der Waals surface area contributed by atoms with Gasteiger partial charge in [-0.3, -0.25) is 0 Å². The van der Waals surface area contributed by atoms with Gasteiger partial charge in [-0.05, 0) is 74.9 Å². The molecule has 0 saturated heterocycles. The second kappa shape index (κ2) is 12.0. The Morgan fingerprint density at radius 2 is 2.00 bits per heavy atom. The van der Waals surface area contributed by atoms with Gasteiger partial charge in [0.1, 0.15) is 0 Å². The number of urea groups is 1. The van der Waals surface area contributed by atoms with Crippen LogP contribution in [0.1, 0.15) is 50.2 Å². The quantitative estimate of drug-likeness (QED) is 0.419. The van der Waals surface area contributed by atoms with Crippen molar-refractivity contribution in [2.75, 3.05) is 39.0 Å². The molecule has 3 rings (SSSR count). The molecule has 1 aliphatic carbocycles. The number of fused-ring (bicyclic) bond motifs is 1. The van der Waals surface area contributed by atoms with E-state index in [-0.39, 0.29) is 29.8 Å². The number of hydrogen-bond acceptors (Lipinski definition) is 3. The van der Waals surface area contributed by atoms with E-state index >= 15 is 0 Å². The minimum Gasteiger partial charge on any atom is -0.381 e. The number of carbonyl (C=O) groups excluding carboxylic acids is 1. The van der Waals surface area contributed by atoms with Crippen molar-refractivity contribution < 1.29 is 18.0 Å². The molecule has 0 bridgehead atoms. The summed E-state index contributed by atoms with van der Waals surface area (Å²) >= 11 is 0. The molecule has 0 aromatic heterocycles. The Morgan fingerprint density at radius 1 is 1.23 bits per heavy atom. The molecule has 5 atom stereocenters. The van der Waals surface area contributed by atoms with Gasteiger partial charge >= 0.3 is 12.2 Å². The highest BCUT2D eigenvalue weighted by Gasteiger charge is 2.39. The second-order valence-electron chi connectivity index (χ2n) is 10.3. The van der Waals surface area contributed by atoms with E-state index in [4.69, 9.17) is 0 Å². The van der Waals surface area contributed by atoms with Crippen LogP contribution in [0, 0.1) is 17.8 Å². The van der Waals surface area contributed by atoms with Crippen molar-refractivity contribution >= 4 is 11.7 Å². The zero-order valence-electron chi connectivity index (χ0n) is 21.2. The van der Waals surface area contributed by atoms with Crippen molar-refractivity contribution in [3.8, 4) is 0 Å². The van der Waals surface area contributed by atoms with Crippen molar-refractivity contribution in [3.63, 3.8) is 0 Å². The van der Waals surface area contributed by atoms with E-state index in [0.717, 1.165) is 37.1 Å². The molecule has 8 heteroatoms. The number of anilines is 1. The summed E-state index contributed by atoms with van der Waals surface area (Å²) in [6, 6.07) is 4.04. The number of alkyl halides is 3. The number of carbonyl (C=O) groups is 1. The molecular weight excluding hydrogens is 453 g/mol. The van der Waals surface area contributed by atoms with Crippen molar-refractivity contribution in [1.29, 1.82) is 0 Å². The largest absolute Gasteiger partial charge is 0.416 e. The number of likely N-dealkylation sites (N-methyl/N-ethyl adjacent to an activating group) is 1. The Morgan fingerprint density at radius 3 is 2.66 bits per heavy atom. The molecule has 2 amide bonds. The summed E-state index contributed by atoms with van der Waals surface area (Å²) in [6.45, 7) is 6.09. The first-order chi connectivity index (χ1) is 16.6. The lowest BCUT2D eigenvalue weighted by molar-refractivity contribution is -0.137. The van der Waals surface area contributed by atoms with Crippen LogP contribution in [0.4, 0.5) is 23.7 Å². The predicted molar refractivity (Wildman–Crippen MR) is 136 cm³/mol. The van der Waals surface area contributed by atoms with Crippen molar-refractivity contribution in [1.82, 2.24) is 15.5 Å². The third-order valence-electron chi connectivity index (χ3n) is 7.22. The maximum Gasteiger partial charge on any atom is 0.416 e. The first-order valence-electron chi connectivity index (χ1n) is 12.5. The molecule has 3 N–H and O–H groups in total. The van der Waals surface area contributed by atoms with E-state index in [9.17, 15) is 18.0 Å². The minimum absolute atomic E-state index is 0.00709. The molecule has 1 heterocycles. The molecule has 1 aliphatic heterocycles. The number of allylic oxidation sites excluding steroid dienone is 3. The Labute approximate surface area is 207 Å². The van der Waals surface area contributed by atoms with Crippen LogP contribution in [-0.4, -0.2) is 50.7 Å². The van der Waals surface area contributed by atoms with Gasteiger partial charge in [0.2, 0.25) is 0 Å². The van der Waals surface area contributed by atoms with E-state index < -0.39 is 11.7 Å². The number of amides is 2. The van der Waals surface area contributed by atoms with E-state index in [1.165, 1.54) is 12.1 Å². The van der Waals surface area contributed by atoms with Crippen LogP contribution in [0.3, 0.4) is 0 Å². The van der Waals surface area contributed by atoms with Crippen LogP contribution < -0.4 is 16.0 Å². The van der Waals surface area contributed by atoms with Gasteiger partial charge in [-0.2, -0.15) is 13.2 Å². The van der Waals surface area contributed by atoms with E-state index in [1.807, 2.05) is 25.1 Å². The van der Waals surface area contributed by atoms with Gasteiger partial charge < -0.3 is 20.9 Å². The maximum atomic E-state index is 13.4. The van der Waals surface area contributed by atoms with Gasteiger partial charge in [-0.1, -0.05) is 38.2 Å². The highest BCUT2D eigenvalue weighted by molar-refractivity contribution is 5.73. The summed E-state index contributed by atoms with van der Waals surface area (Å²) in [4.78, 5) is 14.0. The molecule has 1 aromatic carbocycles. The lowest BCUT2D eigenvalue weighted by Crippen LogP contribution is -2.43. The van der Waals surface area contributed by atoms with Crippen LogP contribution in [0.15, 0.2) is 42.5 Å². The summed E-state index contributed by atoms with van der Waals surface area (Å²) in [6.07, 6.45) is 6.76. The van der Waals surface area contributed by atoms with Gasteiger partial charge in [0.15, 0.2) is 0 Å². The van der Waals surface area contributed by atoms with E-state index in [0.29, 0.717) is 19.0 Å². The molecule has 1 aromatic rings. The third-order valence-corrected chi connectivity index (χ3v) is 7.22. The molecule has 1 unspecified atom stereocenters. The average molecular weight is 493 g/mol. The van der Waals surface area contributed by atoms with Crippen molar-refractivity contribution in [2.24, 2.45) is 17.8 Å². The predicted octanol–water partition coefficient (Wildman–Crippen LogP) is 5.63. The normalized spacial score (nSPS) is 24.6. The molecule has 0 saturated carbocycles. The Hall–Kier alpha value is -2.48. The van der Waals surface area contributed by atoms with Crippen molar-refractivity contribution in [3.05, 3.63) is 53.6 Å². The summed E-state index contributed by atoms with van der Waals surface area (Å²) in [5, 5.41) is 9.39. The molecule has 194 valence electrons. The lowest BCUT2D eigenvalue weighted by Gasteiger charge is -2.43. The number of halogens is 3. The number of rotatable bonds is 9. The lowest BCUT2D eigenvalue weighted by atomic mass is 9.70. The van der Waals surface area contributed by atoms with Crippen molar-refractivity contribution in [2.45, 2.75) is 51.2 Å². The summed E-state index contributed by atoms with van der Waals surface area (Å²) in [7, 11) is 3.91. The number of hydrogen-bond donors (Lipinski definition) is 3. The zero-order valence-corrected chi connectivity index (χ0v) is 21.2. The van der Waals surface area contributed by atoms with Crippen LogP contribution in [0.25, 0.3) is 0 Å². The highest BCUT2D eigenvalue weighted by atomic mass is 19.4. The Balaban J connectivity index is 1.66. The fourth-order valence-electron chi connectivity index (χ4n) is 5.10. The Kier molecular flexibility index (Phi) is 9.27. The second-order valence-corrected chi connectivity index (χ2v) is 10.3. The summed E-state index contributed by atoms with van der Waals surface area (Å²) < 4.78 is 40.2. The molecule has 0 fully saturated rings. The van der Waals surface area contributed by atoms with E-state index in [1.54, 1.807) is 6.07 Å². The molecule has 0 radical (unpaired) electrons. The monoisotopic (exact) mass is 492 g/mol. The highest BCUT2D eigenvalue weighted by Crippen LogP contribution is 2.45. The molecule has 35 heavy (non-hydrogen) atoms. The summed E-state index contributed by atoms with van der Waals surface area (Å²) in [5.74, 6) is 0.724. The van der Waals surface area contributed by atoms with Gasteiger partial charge in [0.05, 0.1) is 5.56 Å². The van der Waals surface area contributed by atoms with E-state index in [2.05, 4.69) is 48.0 Å². The summed E-state index contributed by atoms with van der Waals surface area (Å²) in [5.41, 5.74) is 0.946. The molecular formula is C27H39F3N4O. The molecule has 0 spiro atoms. The van der Waals surface area contributed by atoms with Gasteiger partial charge in [-0.15, -0.1) is 0 Å². The SMILES string of the molecule is C[C@H](CC[C@@H]1[C@H](C)c2cc(C(F)(F)F)ccc2N[C@H]1C1C=CC=CC1)CNC(=O)NCCN(C)C. The molecule has 2 aliphatic rings. The Bertz CT molecular complexity index is 912. The first-order valence-corrected chi connectivity index (χ1v) is 12.5. The topological polar surface area (TPSA) is 56.4 Å². The van der Waals surface area contributed by atoms with Crippen LogP contribution in [0.5, 0.6) is 0 Å². The maximum absolute atomic E-state index is 13.4. The first kappa shape index (κ1) is 27.1. The number of nitrogens with zero attached hydrogens (tertiary/aromatic N) is 1. The minimum atomic E-state index is -4.36. The average Bonchev–Trinajstić information content (AvgIpc) is 2.81. The van der Waals surface area contributed by atoms with Crippen LogP contribution >= 0.6 is 0 Å². The van der Waals surface area contributed by atoms with Gasteiger partial charge in [0.25, 0.3) is 0 Å². The third kappa shape index (κ3) is 7.50.